The quantitative estimate of drug-likeness (QED) is 0.396. The van der Waals surface area contributed by atoms with Crippen molar-refractivity contribution in [2.75, 3.05) is 15.5 Å². The highest BCUT2D eigenvalue weighted by Gasteiger charge is 2.48. The van der Waals surface area contributed by atoms with Gasteiger partial charge < -0.3 is 10.6 Å². The zero-order valence-electron chi connectivity index (χ0n) is 19.7. The van der Waals surface area contributed by atoms with E-state index in [0.717, 1.165) is 5.57 Å². The number of carbonyl (C=O) groups excluding carboxylic acids is 4. The molecule has 180 valence electrons. The molecule has 36 heavy (non-hydrogen) atoms. The monoisotopic (exact) mass is 479 g/mol. The van der Waals surface area contributed by atoms with Gasteiger partial charge >= 0.3 is 0 Å². The predicted molar refractivity (Wildman–Crippen MR) is 138 cm³/mol. The Morgan fingerprint density at radius 2 is 1.36 bits per heavy atom. The van der Waals surface area contributed by atoms with Gasteiger partial charge in [0, 0.05) is 22.5 Å². The molecular formula is C29H25N3O4. The van der Waals surface area contributed by atoms with E-state index in [9.17, 15) is 19.2 Å². The van der Waals surface area contributed by atoms with Crippen LogP contribution in [0.1, 0.15) is 40.5 Å². The number of nitrogens with one attached hydrogen (secondary N) is 2. The molecule has 0 aromatic heterocycles. The van der Waals surface area contributed by atoms with E-state index in [-0.39, 0.29) is 29.6 Å². The van der Waals surface area contributed by atoms with Gasteiger partial charge in [-0.15, -0.1) is 0 Å². The van der Waals surface area contributed by atoms with Crippen molar-refractivity contribution in [2.24, 2.45) is 11.8 Å². The third-order valence-corrected chi connectivity index (χ3v) is 6.60. The van der Waals surface area contributed by atoms with Gasteiger partial charge in [0.2, 0.25) is 11.8 Å². The largest absolute Gasteiger partial charge is 0.322 e. The Kier molecular flexibility index (Phi) is 6.21. The topological polar surface area (TPSA) is 95.6 Å². The molecule has 0 spiro atoms. The molecule has 1 saturated heterocycles. The molecule has 1 aliphatic carbocycles. The van der Waals surface area contributed by atoms with Crippen molar-refractivity contribution in [1.29, 1.82) is 0 Å². The molecule has 2 atom stereocenters. The maximum absolute atomic E-state index is 13.0. The molecule has 1 fully saturated rings. The van der Waals surface area contributed by atoms with E-state index in [1.165, 1.54) is 4.90 Å². The fourth-order valence-corrected chi connectivity index (χ4v) is 4.74. The van der Waals surface area contributed by atoms with Gasteiger partial charge in [0.15, 0.2) is 0 Å². The Labute approximate surface area is 208 Å². The minimum Gasteiger partial charge on any atom is -0.322 e. The third kappa shape index (κ3) is 4.55. The summed E-state index contributed by atoms with van der Waals surface area (Å²) in [6.45, 7) is 1.97. The van der Waals surface area contributed by atoms with Gasteiger partial charge in [-0.3, -0.25) is 24.1 Å². The Balaban J connectivity index is 1.31. The number of rotatable bonds is 5. The van der Waals surface area contributed by atoms with Gasteiger partial charge in [-0.1, -0.05) is 42.0 Å². The van der Waals surface area contributed by atoms with Crippen LogP contribution in [0.3, 0.4) is 0 Å². The van der Waals surface area contributed by atoms with Crippen LogP contribution in [0.25, 0.3) is 0 Å². The number of carbonyl (C=O) groups is 4. The first-order valence-corrected chi connectivity index (χ1v) is 11.8. The van der Waals surface area contributed by atoms with Crippen LogP contribution in [0.15, 0.2) is 90.5 Å². The number of imide groups is 1. The lowest BCUT2D eigenvalue weighted by atomic mass is 9.82. The second-order valence-electron chi connectivity index (χ2n) is 9.12. The second-order valence-corrected chi connectivity index (χ2v) is 9.12. The maximum Gasteiger partial charge on any atom is 0.255 e. The molecule has 0 saturated carbocycles. The lowest BCUT2D eigenvalue weighted by Crippen LogP contribution is -2.31. The van der Waals surface area contributed by atoms with Gasteiger partial charge in [0.1, 0.15) is 0 Å². The van der Waals surface area contributed by atoms with E-state index in [4.69, 9.17) is 0 Å². The first kappa shape index (κ1) is 23.2. The number of fused-ring (bicyclic) bond motifs is 1. The molecule has 3 aromatic rings. The summed E-state index contributed by atoms with van der Waals surface area (Å²) in [5.74, 6) is -1.83. The van der Waals surface area contributed by atoms with Gasteiger partial charge in [-0.05, 0) is 68.3 Å². The van der Waals surface area contributed by atoms with E-state index < -0.39 is 5.91 Å². The fraction of sp³-hybridized carbons (Fsp3) is 0.172. The molecular weight excluding hydrogens is 454 g/mol. The summed E-state index contributed by atoms with van der Waals surface area (Å²) >= 11 is 0. The van der Waals surface area contributed by atoms with E-state index in [0.29, 0.717) is 41.0 Å². The second kappa shape index (κ2) is 9.62. The first-order chi connectivity index (χ1) is 17.4. The van der Waals surface area contributed by atoms with E-state index in [1.54, 1.807) is 60.7 Å². The van der Waals surface area contributed by atoms with Crippen molar-refractivity contribution in [3.05, 3.63) is 102 Å². The molecule has 2 aliphatic rings. The Bertz CT molecular complexity index is 1400. The van der Waals surface area contributed by atoms with Gasteiger partial charge in [0.25, 0.3) is 11.8 Å². The van der Waals surface area contributed by atoms with Gasteiger partial charge in [0.05, 0.1) is 17.5 Å². The van der Waals surface area contributed by atoms with Crippen LogP contribution in [-0.4, -0.2) is 23.6 Å². The van der Waals surface area contributed by atoms with Crippen LogP contribution in [0.4, 0.5) is 17.1 Å². The van der Waals surface area contributed by atoms with Crippen molar-refractivity contribution in [3.8, 4) is 0 Å². The highest BCUT2D eigenvalue weighted by Crippen LogP contribution is 2.39. The standard InChI is InChI=1S/C29H25N3O4/c1-18-13-14-24-25(15-18)29(36)32(28(24)35)23-12-6-8-20(17-23)27(34)31-22-11-5-7-19(16-22)26(33)30-21-9-3-2-4-10-21/h2-13,16-17,24-25H,14-15H2,1H3,(H,30,33)(H,31,34)/t24-,25-/m1/s1. The van der Waals surface area contributed by atoms with Crippen LogP contribution in [-0.2, 0) is 9.59 Å². The Hall–Kier alpha value is -4.52. The number of benzene rings is 3. The Morgan fingerprint density at radius 1 is 0.750 bits per heavy atom. The van der Waals surface area contributed by atoms with Crippen molar-refractivity contribution >= 4 is 40.7 Å². The molecule has 1 aliphatic heterocycles. The van der Waals surface area contributed by atoms with Gasteiger partial charge in [-0.2, -0.15) is 0 Å². The number of amides is 4. The fourth-order valence-electron chi connectivity index (χ4n) is 4.74. The van der Waals surface area contributed by atoms with Crippen LogP contribution in [0, 0.1) is 11.8 Å². The maximum atomic E-state index is 13.0. The number of hydrogen-bond donors (Lipinski definition) is 2. The molecule has 0 unspecified atom stereocenters. The van der Waals surface area contributed by atoms with Crippen LogP contribution < -0.4 is 15.5 Å². The number of hydrogen-bond acceptors (Lipinski definition) is 4. The Morgan fingerprint density at radius 3 is 2.11 bits per heavy atom. The smallest absolute Gasteiger partial charge is 0.255 e. The zero-order valence-corrected chi connectivity index (χ0v) is 19.7. The SMILES string of the molecule is CC1=CC[C@H]2C(=O)N(c3cccc(C(=O)Nc4cccc(C(=O)Nc5ccccc5)c4)c3)C(=O)[C@@H]2C1. The molecule has 0 bridgehead atoms. The molecule has 7 heteroatoms. The highest BCUT2D eigenvalue weighted by molar-refractivity contribution is 6.22. The summed E-state index contributed by atoms with van der Waals surface area (Å²) in [7, 11) is 0. The summed E-state index contributed by atoms with van der Waals surface area (Å²) in [6.07, 6.45) is 3.17. The normalized spacial score (nSPS) is 18.9. The molecule has 0 radical (unpaired) electrons. The molecule has 7 nitrogen and oxygen atoms in total. The summed E-state index contributed by atoms with van der Waals surface area (Å²) < 4.78 is 0. The predicted octanol–water partition coefficient (Wildman–Crippen LogP) is 5.04. The summed E-state index contributed by atoms with van der Waals surface area (Å²) in [5.41, 5.74) is 3.33. The van der Waals surface area contributed by atoms with Crippen molar-refractivity contribution in [2.45, 2.75) is 19.8 Å². The zero-order chi connectivity index (χ0) is 25.2. The van der Waals surface area contributed by atoms with Crippen molar-refractivity contribution < 1.29 is 19.2 Å². The molecule has 4 amide bonds. The van der Waals surface area contributed by atoms with E-state index in [2.05, 4.69) is 10.6 Å². The van der Waals surface area contributed by atoms with E-state index in [1.807, 2.05) is 31.2 Å². The van der Waals surface area contributed by atoms with Gasteiger partial charge in [-0.25, -0.2) is 0 Å². The van der Waals surface area contributed by atoms with Crippen molar-refractivity contribution in [3.63, 3.8) is 0 Å². The first-order valence-electron chi connectivity index (χ1n) is 11.8. The highest BCUT2D eigenvalue weighted by atomic mass is 16.2. The minimum atomic E-state index is -0.411. The molecule has 3 aromatic carbocycles. The minimum absolute atomic E-state index is 0.216. The molecule has 2 N–H and O–H groups in total. The van der Waals surface area contributed by atoms with Crippen LogP contribution in [0.5, 0.6) is 0 Å². The summed E-state index contributed by atoms with van der Waals surface area (Å²) in [6, 6.07) is 22.2. The number of anilines is 3. The van der Waals surface area contributed by atoms with Crippen LogP contribution in [0.2, 0.25) is 0 Å². The third-order valence-electron chi connectivity index (χ3n) is 6.60. The summed E-state index contributed by atoms with van der Waals surface area (Å²) in [5, 5.41) is 5.61. The van der Waals surface area contributed by atoms with Crippen LogP contribution >= 0.6 is 0 Å². The van der Waals surface area contributed by atoms with Crippen molar-refractivity contribution in [1.82, 2.24) is 0 Å². The summed E-state index contributed by atoms with van der Waals surface area (Å²) in [4.78, 5) is 52.9. The molecule has 5 rings (SSSR count). The lowest BCUT2D eigenvalue weighted by molar-refractivity contribution is -0.122. The van der Waals surface area contributed by atoms with E-state index >= 15 is 0 Å². The number of para-hydroxylation sites is 1. The molecule has 1 heterocycles. The number of allylic oxidation sites excluding steroid dienone is 2. The average Bonchev–Trinajstić information content (AvgIpc) is 3.13. The average molecular weight is 480 g/mol. The number of nitrogens with zero attached hydrogens (tertiary/aromatic N) is 1. The lowest BCUT2D eigenvalue weighted by Gasteiger charge is -2.18.